The largest absolute Gasteiger partial charge is 0.489 e. The Balaban J connectivity index is 1.37. The van der Waals surface area contributed by atoms with E-state index in [0.717, 1.165) is 27.6 Å². The van der Waals surface area contributed by atoms with Gasteiger partial charge in [-0.15, -0.1) is 11.3 Å². The number of anilines is 2. The summed E-state index contributed by atoms with van der Waals surface area (Å²) >= 11 is 1.53. The van der Waals surface area contributed by atoms with Crippen molar-refractivity contribution in [2.75, 3.05) is 11.9 Å². The van der Waals surface area contributed by atoms with Crippen LogP contribution in [-0.4, -0.2) is 23.7 Å². The van der Waals surface area contributed by atoms with Crippen LogP contribution < -0.4 is 15.5 Å². The molecule has 0 radical (unpaired) electrons. The number of aromatic nitrogens is 1. The summed E-state index contributed by atoms with van der Waals surface area (Å²) in [6.45, 7) is 6.10. The van der Waals surface area contributed by atoms with Crippen LogP contribution in [0.2, 0.25) is 0 Å². The zero-order valence-corrected chi connectivity index (χ0v) is 19.5. The fourth-order valence-corrected chi connectivity index (χ4v) is 3.85. The molecule has 1 heterocycles. The molecule has 1 aromatic heterocycles. The van der Waals surface area contributed by atoms with Gasteiger partial charge in [-0.1, -0.05) is 54.6 Å². The number of carbonyl (C=O) groups excluding carboxylic acids is 1. The van der Waals surface area contributed by atoms with Crippen molar-refractivity contribution in [2.45, 2.75) is 6.92 Å². The van der Waals surface area contributed by atoms with Crippen molar-refractivity contribution in [3.05, 3.63) is 108 Å². The van der Waals surface area contributed by atoms with Crippen LogP contribution in [0, 0.1) is 6.92 Å². The first-order valence-corrected chi connectivity index (χ1v) is 11.6. The minimum atomic E-state index is -0.299. The second-order valence-electron chi connectivity index (χ2n) is 7.44. The van der Waals surface area contributed by atoms with Crippen molar-refractivity contribution >= 4 is 34.3 Å². The monoisotopic (exact) mass is 468 g/mol. The van der Waals surface area contributed by atoms with Crippen LogP contribution in [0.5, 0.6) is 5.75 Å². The Morgan fingerprint density at radius 1 is 1.09 bits per heavy atom. The van der Waals surface area contributed by atoms with Crippen molar-refractivity contribution in [3.8, 4) is 17.0 Å². The van der Waals surface area contributed by atoms with Gasteiger partial charge in [-0.05, 0) is 43.3 Å². The Morgan fingerprint density at radius 3 is 2.62 bits per heavy atom. The number of carbonyl (C=O) groups is 1. The molecule has 0 spiro atoms. The topological polar surface area (TPSA) is 75.6 Å². The summed E-state index contributed by atoms with van der Waals surface area (Å²) in [7, 11) is 0. The number of hydrazone groups is 1. The highest BCUT2D eigenvalue weighted by atomic mass is 32.1. The van der Waals surface area contributed by atoms with Crippen LogP contribution in [0.25, 0.3) is 11.3 Å². The number of benzene rings is 3. The molecule has 6 nitrogen and oxygen atoms in total. The number of hydrogen-bond acceptors (Lipinski definition) is 6. The highest BCUT2D eigenvalue weighted by molar-refractivity contribution is 7.14. The molecule has 0 saturated heterocycles. The normalized spacial score (nSPS) is 10.7. The highest BCUT2D eigenvalue weighted by Crippen LogP contribution is 2.27. The third kappa shape index (κ3) is 5.96. The van der Waals surface area contributed by atoms with Gasteiger partial charge in [0.1, 0.15) is 12.4 Å². The third-order valence-electron chi connectivity index (χ3n) is 4.90. The molecule has 0 aliphatic carbocycles. The van der Waals surface area contributed by atoms with Crippen molar-refractivity contribution < 1.29 is 9.53 Å². The van der Waals surface area contributed by atoms with E-state index in [1.54, 1.807) is 24.4 Å². The summed E-state index contributed by atoms with van der Waals surface area (Å²) in [5, 5.41) is 10.2. The molecule has 0 bridgehead atoms. The van der Waals surface area contributed by atoms with E-state index in [2.05, 4.69) is 46.5 Å². The lowest BCUT2D eigenvalue weighted by molar-refractivity contribution is 0.0955. The number of rotatable bonds is 9. The molecule has 0 saturated carbocycles. The van der Waals surface area contributed by atoms with E-state index in [4.69, 9.17) is 4.74 Å². The molecule has 2 N–H and O–H groups in total. The van der Waals surface area contributed by atoms with Gasteiger partial charge in [0.05, 0.1) is 11.9 Å². The number of hydrogen-bond donors (Lipinski definition) is 2. The summed E-state index contributed by atoms with van der Waals surface area (Å²) in [5.74, 6) is 0.372. The highest BCUT2D eigenvalue weighted by Gasteiger charge is 2.08. The molecule has 1 amide bonds. The van der Waals surface area contributed by atoms with E-state index in [-0.39, 0.29) is 5.91 Å². The zero-order chi connectivity index (χ0) is 23.8. The first-order chi connectivity index (χ1) is 16.6. The predicted molar refractivity (Wildman–Crippen MR) is 139 cm³/mol. The van der Waals surface area contributed by atoms with Crippen LogP contribution in [0.3, 0.4) is 0 Å². The summed E-state index contributed by atoms with van der Waals surface area (Å²) in [6, 6.07) is 22.9. The molecule has 170 valence electrons. The number of para-hydroxylation sites is 1. The molecule has 34 heavy (non-hydrogen) atoms. The molecular formula is C27H24N4O2S. The number of nitrogens with zero attached hydrogens (tertiary/aromatic N) is 2. The fraction of sp³-hybridized carbons (Fsp3) is 0.0741. The lowest BCUT2D eigenvalue weighted by Crippen LogP contribution is -2.17. The van der Waals surface area contributed by atoms with Crippen molar-refractivity contribution in [2.24, 2.45) is 5.10 Å². The molecule has 7 heteroatoms. The molecule has 0 aliphatic rings. The second-order valence-corrected chi connectivity index (χ2v) is 8.30. The summed E-state index contributed by atoms with van der Waals surface area (Å²) in [5.41, 5.74) is 7.81. The maximum Gasteiger partial charge on any atom is 0.271 e. The lowest BCUT2D eigenvalue weighted by atomic mass is 10.1. The van der Waals surface area contributed by atoms with Crippen molar-refractivity contribution in [3.63, 3.8) is 0 Å². The maximum absolute atomic E-state index is 12.5. The molecule has 4 rings (SSSR count). The fourth-order valence-electron chi connectivity index (χ4n) is 3.11. The van der Waals surface area contributed by atoms with Crippen LogP contribution in [0.1, 0.15) is 21.5 Å². The average molecular weight is 469 g/mol. The Kier molecular flexibility index (Phi) is 7.47. The van der Waals surface area contributed by atoms with Crippen LogP contribution in [0.4, 0.5) is 10.8 Å². The van der Waals surface area contributed by atoms with Crippen LogP contribution in [-0.2, 0) is 0 Å². The number of thiazole rings is 1. The molecule has 4 aromatic rings. The third-order valence-corrected chi connectivity index (χ3v) is 5.65. The predicted octanol–water partition coefficient (Wildman–Crippen LogP) is 6.19. The van der Waals surface area contributed by atoms with Gasteiger partial charge in [0, 0.05) is 27.8 Å². The van der Waals surface area contributed by atoms with E-state index in [9.17, 15) is 4.79 Å². The van der Waals surface area contributed by atoms with E-state index in [1.807, 2.05) is 53.9 Å². The maximum atomic E-state index is 12.5. The van der Waals surface area contributed by atoms with Gasteiger partial charge in [-0.3, -0.25) is 4.79 Å². The van der Waals surface area contributed by atoms with Gasteiger partial charge in [0.25, 0.3) is 5.91 Å². The Labute approximate surface area is 202 Å². The van der Waals surface area contributed by atoms with Gasteiger partial charge in [-0.2, -0.15) is 5.10 Å². The van der Waals surface area contributed by atoms with Crippen LogP contribution in [0.15, 0.2) is 95.9 Å². The summed E-state index contributed by atoms with van der Waals surface area (Å²) in [6.07, 6.45) is 3.23. The number of amides is 1. The van der Waals surface area contributed by atoms with E-state index in [1.165, 1.54) is 16.9 Å². The molecule has 0 atom stereocenters. The van der Waals surface area contributed by atoms with E-state index in [0.29, 0.717) is 17.9 Å². The molecular weight excluding hydrogens is 444 g/mol. The minimum absolute atomic E-state index is 0.299. The first kappa shape index (κ1) is 22.9. The molecule has 3 aromatic carbocycles. The number of aryl methyl sites for hydroxylation is 1. The minimum Gasteiger partial charge on any atom is -0.489 e. The standard InChI is InChI=1S/C27H24N4O2S/c1-3-16-33-25-7-5-4-6-22(25)17-28-31-26(32)21-12-10-20(11-13-21)24-18-34-27(30-24)29-23-14-8-19(2)9-15-23/h3-15,17-18H,1,16H2,2H3,(H,29,30)(H,31,32)/b28-17-. The van der Waals surface area contributed by atoms with Gasteiger partial charge in [-0.25, -0.2) is 10.4 Å². The SMILES string of the molecule is C=CCOc1ccccc1/C=N\NC(=O)c1ccc(-c2csc(Nc3ccc(C)cc3)n2)cc1. The van der Waals surface area contributed by atoms with Crippen molar-refractivity contribution in [1.29, 1.82) is 0 Å². The smallest absolute Gasteiger partial charge is 0.271 e. The first-order valence-electron chi connectivity index (χ1n) is 10.7. The van der Waals surface area contributed by atoms with E-state index >= 15 is 0 Å². The summed E-state index contributed by atoms with van der Waals surface area (Å²) in [4.78, 5) is 17.1. The Bertz CT molecular complexity index is 1290. The zero-order valence-electron chi connectivity index (χ0n) is 18.7. The Hall–Kier alpha value is -4.23. The molecule has 0 unspecified atom stereocenters. The number of nitrogens with one attached hydrogen (secondary N) is 2. The van der Waals surface area contributed by atoms with Gasteiger partial charge < -0.3 is 10.1 Å². The van der Waals surface area contributed by atoms with Gasteiger partial charge in [0.15, 0.2) is 5.13 Å². The summed E-state index contributed by atoms with van der Waals surface area (Å²) < 4.78 is 5.59. The molecule has 0 aliphatic heterocycles. The second kappa shape index (κ2) is 11.1. The van der Waals surface area contributed by atoms with Gasteiger partial charge in [0.2, 0.25) is 0 Å². The van der Waals surface area contributed by atoms with Crippen LogP contribution >= 0.6 is 11.3 Å². The average Bonchev–Trinajstić information content (AvgIpc) is 3.33. The quantitative estimate of drug-likeness (QED) is 0.174. The number of ether oxygens (including phenoxy) is 1. The lowest BCUT2D eigenvalue weighted by Gasteiger charge is -2.06. The Morgan fingerprint density at radius 2 is 1.85 bits per heavy atom. The van der Waals surface area contributed by atoms with Gasteiger partial charge >= 0.3 is 0 Å². The van der Waals surface area contributed by atoms with Crippen molar-refractivity contribution in [1.82, 2.24) is 10.4 Å². The van der Waals surface area contributed by atoms with E-state index < -0.39 is 0 Å². The molecule has 0 fully saturated rings.